The van der Waals surface area contributed by atoms with Gasteiger partial charge in [0.1, 0.15) is 11.5 Å². The van der Waals surface area contributed by atoms with Gasteiger partial charge in [-0.3, -0.25) is 9.59 Å². The van der Waals surface area contributed by atoms with Gasteiger partial charge in [-0.25, -0.2) is 4.98 Å². The number of esters is 1. The second kappa shape index (κ2) is 11.5. The zero-order chi connectivity index (χ0) is 20.3. The minimum atomic E-state index is -4.41. The summed E-state index contributed by atoms with van der Waals surface area (Å²) in [6.45, 7) is 2.11. The van der Waals surface area contributed by atoms with Gasteiger partial charge in [-0.05, 0) is 18.6 Å². The van der Waals surface area contributed by atoms with E-state index < -0.39 is 11.9 Å². The first-order chi connectivity index (χ1) is 12.7. The number of aromatic nitrogens is 1. The van der Waals surface area contributed by atoms with E-state index in [2.05, 4.69) is 4.98 Å². The van der Waals surface area contributed by atoms with Gasteiger partial charge < -0.3 is 14.2 Å². The van der Waals surface area contributed by atoms with Gasteiger partial charge >= 0.3 is 12.1 Å². The van der Waals surface area contributed by atoms with Gasteiger partial charge in [-0.2, -0.15) is 13.2 Å². The first-order valence-corrected chi connectivity index (χ1v) is 8.24. The largest absolute Gasteiger partial charge is 0.433 e. The standard InChI is InChI=1S/C10H12F3NO2.C8H10O3/c1-15-5-6-16-7-8-3-2-4-9(14-8)10(11,12)13;1-6(9)11-8-4-2-3-7(10)5-8/h2-4H,5-7H2,1H3;5H,2-4H2,1H3. The molecule has 2 rings (SSSR count). The van der Waals surface area contributed by atoms with E-state index in [0.29, 0.717) is 31.8 Å². The van der Waals surface area contributed by atoms with Crippen LogP contribution < -0.4 is 0 Å². The van der Waals surface area contributed by atoms with Crippen molar-refractivity contribution < 1.29 is 37.0 Å². The van der Waals surface area contributed by atoms with Gasteiger partial charge in [-0.1, -0.05) is 6.07 Å². The third kappa shape index (κ3) is 9.86. The normalized spacial score (nSPS) is 14.1. The lowest BCUT2D eigenvalue weighted by atomic mass is 10.1. The number of nitrogens with zero attached hydrogens (tertiary/aromatic N) is 1. The van der Waals surface area contributed by atoms with E-state index in [1.54, 1.807) is 0 Å². The van der Waals surface area contributed by atoms with Crippen LogP contribution in [0.4, 0.5) is 13.2 Å². The molecule has 1 aliphatic carbocycles. The predicted octanol–water partition coefficient (Wildman–Crippen LogP) is 3.45. The van der Waals surface area contributed by atoms with Crippen LogP contribution in [0.25, 0.3) is 0 Å². The van der Waals surface area contributed by atoms with Gasteiger partial charge in [0, 0.05) is 33.0 Å². The zero-order valence-corrected chi connectivity index (χ0v) is 15.2. The molecule has 0 unspecified atom stereocenters. The molecule has 150 valence electrons. The summed E-state index contributed by atoms with van der Waals surface area (Å²) in [4.78, 5) is 24.7. The molecule has 1 aromatic heterocycles. The topological polar surface area (TPSA) is 74.7 Å². The number of halogens is 3. The molecule has 0 saturated carbocycles. The lowest BCUT2D eigenvalue weighted by Crippen LogP contribution is -2.10. The van der Waals surface area contributed by atoms with Gasteiger partial charge in [0.05, 0.1) is 25.5 Å². The summed E-state index contributed by atoms with van der Waals surface area (Å²) in [6, 6.07) is 3.73. The number of carbonyl (C=O) groups is 2. The minimum absolute atomic E-state index is 0.0486. The van der Waals surface area contributed by atoms with Crippen LogP contribution in [0.15, 0.2) is 30.0 Å². The molecule has 0 bridgehead atoms. The highest BCUT2D eigenvalue weighted by atomic mass is 19.4. The Hall–Kier alpha value is -2.26. The van der Waals surface area contributed by atoms with E-state index in [1.165, 1.54) is 32.2 Å². The molecular formula is C18H22F3NO5. The Morgan fingerprint density at radius 1 is 1.22 bits per heavy atom. The fraction of sp³-hybridized carbons (Fsp3) is 0.500. The van der Waals surface area contributed by atoms with E-state index in [9.17, 15) is 22.8 Å². The van der Waals surface area contributed by atoms with Crippen LogP contribution in [0.1, 0.15) is 37.6 Å². The van der Waals surface area contributed by atoms with Gasteiger partial charge in [-0.15, -0.1) is 0 Å². The molecule has 0 atom stereocenters. The number of ketones is 1. The number of carbonyl (C=O) groups excluding carboxylic acids is 2. The summed E-state index contributed by atoms with van der Waals surface area (Å²) in [7, 11) is 1.52. The average molecular weight is 389 g/mol. The minimum Gasteiger partial charge on any atom is -0.431 e. The Kier molecular flexibility index (Phi) is 9.66. The SMILES string of the molecule is CC(=O)OC1=CC(=O)CCC1.COCCOCc1cccc(C(F)(F)F)n1. The molecule has 0 saturated heterocycles. The Morgan fingerprint density at radius 3 is 2.56 bits per heavy atom. The second-order valence-corrected chi connectivity index (χ2v) is 5.58. The number of rotatable bonds is 6. The molecule has 0 spiro atoms. The molecule has 27 heavy (non-hydrogen) atoms. The maximum atomic E-state index is 12.3. The van der Waals surface area contributed by atoms with Crippen molar-refractivity contribution in [3.8, 4) is 0 Å². The number of alkyl halides is 3. The molecule has 0 N–H and O–H groups in total. The van der Waals surface area contributed by atoms with Crippen LogP contribution in [0, 0.1) is 0 Å². The maximum Gasteiger partial charge on any atom is 0.433 e. The molecule has 0 aliphatic heterocycles. The van der Waals surface area contributed by atoms with Crippen molar-refractivity contribution >= 4 is 11.8 Å². The average Bonchev–Trinajstić information content (AvgIpc) is 2.58. The molecule has 9 heteroatoms. The fourth-order valence-electron chi connectivity index (χ4n) is 2.06. The second-order valence-electron chi connectivity index (χ2n) is 5.58. The molecule has 0 radical (unpaired) electrons. The molecule has 6 nitrogen and oxygen atoms in total. The van der Waals surface area contributed by atoms with Crippen LogP contribution in [-0.2, 0) is 36.6 Å². The van der Waals surface area contributed by atoms with Gasteiger partial charge in [0.15, 0.2) is 5.78 Å². The summed E-state index contributed by atoms with van der Waals surface area (Å²) in [5.41, 5.74) is -0.647. The van der Waals surface area contributed by atoms with Crippen LogP contribution in [0.5, 0.6) is 0 Å². The van der Waals surface area contributed by atoms with Crippen LogP contribution in [-0.4, -0.2) is 37.1 Å². The van der Waals surface area contributed by atoms with Gasteiger partial charge in [0.2, 0.25) is 0 Å². The number of pyridine rings is 1. The van der Waals surface area contributed by atoms with Crippen molar-refractivity contribution in [2.75, 3.05) is 20.3 Å². The third-order valence-corrected chi connectivity index (χ3v) is 3.22. The quantitative estimate of drug-likeness (QED) is 0.548. The van der Waals surface area contributed by atoms with Crippen molar-refractivity contribution in [1.29, 1.82) is 0 Å². The lowest BCUT2D eigenvalue weighted by Gasteiger charge is -2.09. The number of methoxy groups -OCH3 is 1. The van der Waals surface area contributed by atoms with Crippen molar-refractivity contribution in [3.05, 3.63) is 41.4 Å². The first kappa shape index (κ1) is 22.8. The Balaban J connectivity index is 0.000000289. The van der Waals surface area contributed by atoms with Gasteiger partial charge in [0.25, 0.3) is 0 Å². The Bertz CT molecular complexity index is 659. The highest BCUT2D eigenvalue weighted by Gasteiger charge is 2.32. The molecule has 0 fully saturated rings. The van der Waals surface area contributed by atoms with Crippen molar-refractivity contribution in [1.82, 2.24) is 4.98 Å². The summed E-state index contributed by atoms with van der Waals surface area (Å²) < 4.78 is 51.4. The molecule has 1 heterocycles. The Morgan fingerprint density at radius 2 is 1.96 bits per heavy atom. The van der Waals surface area contributed by atoms with E-state index in [4.69, 9.17) is 14.2 Å². The predicted molar refractivity (Wildman–Crippen MR) is 89.5 cm³/mol. The highest BCUT2D eigenvalue weighted by molar-refractivity contribution is 5.91. The zero-order valence-electron chi connectivity index (χ0n) is 15.2. The number of ether oxygens (including phenoxy) is 3. The van der Waals surface area contributed by atoms with Crippen LogP contribution >= 0.6 is 0 Å². The number of hydrogen-bond donors (Lipinski definition) is 0. The third-order valence-electron chi connectivity index (χ3n) is 3.22. The highest BCUT2D eigenvalue weighted by Crippen LogP contribution is 2.27. The number of allylic oxidation sites excluding steroid dienone is 2. The Labute approximate surface area is 155 Å². The molecule has 1 aliphatic rings. The van der Waals surface area contributed by atoms with Crippen LogP contribution in [0.3, 0.4) is 0 Å². The van der Waals surface area contributed by atoms with Crippen molar-refractivity contribution in [2.45, 2.75) is 39.0 Å². The maximum absolute atomic E-state index is 12.3. The van der Waals surface area contributed by atoms with E-state index >= 15 is 0 Å². The molecule has 1 aromatic rings. The van der Waals surface area contributed by atoms with E-state index in [0.717, 1.165) is 12.5 Å². The fourth-order valence-corrected chi connectivity index (χ4v) is 2.06. The smallest absolute Gasteiger partial charge is 0.431 e. The summed E-state index contributed by atoms with van der Waals surface area (Å²) in [5, 5.41) is 0. The first-order valence-electron chi connectivity index (χ1n) is 8.24. The van der Waals surface area contributed by atoms with Crippen molar-refractivity contribution in [3.63, 3.8) is 0 Å². The van der Waals surface area contributed by atoms with Crippen molar-refractivity contribution in [2.24, 2.45) is 0 Å². The summed E-state index contributed by atoms with van der Waals surface area (Å²) in [5.74, 6) is 0.201. The van der Waals surface area contributed by atoms with E-state index in [1.807, 2.05) is 0 Å². The molecule has 0 amide bonds. The monoisotopic (exact) mass is 389 g/mol. The molecule has 0 aromatic carbocycles. The summed E-state index contributed by atoms with van der Waals surface area (Å²) >= 11 is 0. The summed E-state index contributed by atoms with van der Waals surface area (Å²) in [6.07, 6.45) is -0.943. The van der Waals surface area contributed by atoms with E-state index in [-0.39, 0.29) is 24.1 Å². The molecular weight excluding hydrogens is 367 g/mol. The number of hydrogen-bond acceptors (Lipinski definition) is 6. The lowest BCUT2D eigenvalue weighted by molar-refractivity contribution is -0.141. The van der Waals surface area contributed by atoms with Crippen LogP contribution in [0.2, 0.25) is 0 Å².